The lowest BCUT2D eigenvalue weighted by Gasteiger charge is -2.03. The molecule has 0 aliphatic carbocycles. The first-order valence-corrected chi connectivity index (χ1v) is 3.49. The molecular weight excluding hydrogens is 152 g/mol. The van der Waals surface area contributed by atoms with E-state index in [1.807, 2.05) is 6.07 Å². The van der Waals surface area contributed by atoms with Gasteiger partial charge in [0.25, 0.3) is 0 Å². The lowest BCUT2D eigenvalue weighted by Crippen LogP contribution is -2.01. The summed E-state index contributed by atoms with van der Waals surface area (Å²) in [4.78, 5) is 3.95. The Morgan fingerprint density at radius 1 is 1.75 bits per heavy atom. The first-order chi connectivity index (χ1) is 5.69. The molecule has 0 spiro atoms. The average Bonchev–Trinajstić information content (AvgIpc) is 2.05. The molecule has 0 aliphatic heterocycles. The normalized spacial score (nSPS) is 9.42. The van der Waals surface area contributed by atoms with Gasteiger partial charge < -0.3 is 5.73 Å². The van der Waals surface area contributed by atoms with Crippen LogP contribution in [0.1, 0.15) is 16.8 Å². The van der Waals surface area contributed by atoms with Crippen LogP contribution < -0.4 is 11.5 Å². The van der Waals surface area contributed by atoms with Crippen LogP contribution in [0.25, 0.3) is 0 Å². The quantitative estimate of drug-likeness (QED) is 0.655. The van der Waals surface area contributed by atoms with Gasteiger partial charge in [-0.15, -0.1) is 0 Å². The number of nitrogens with one attached hydrogen (secondary N) is 1. The molecule has 0 aromatic carbocycles. The smallest absolute Gasteiger partial charge is 0.141 e. The summed E-state index contributed by atoms with van der Waals surface area (Å²) in [6.45, 7) is 1.91. The predicted molar refractivity (Wildman–Crippen MR) is 44.9 cm³/mol. The monoisotopic (exact) mass is 161 g/mol. The number of nitrogens with zero attached hydrogens (tertiary/aromatic N) is 2. The highest BCUT2D eigenvalue weighted by atomic mass is 14.8. The molecule has 0 amide bonds. The number of pyridine rings is 1. The minimum absolute atomic E-state index is 0.133. The van der Waals surface area contributed by atoms with E-state index in [2.05, 4.69) is 4.98 Å². The highest BCUT2D eigenvalue weighted by molar-refractivity contribution is 5.50. The van der Waals surface area contributed by atoms with E-state index in [1.54, 1.807) is 13.0 Å². The summed E-state index contributed by atoms with van der Waals surface area (Å²) in [7, 11) is 0. The summed E-state index contributed by atoms with van der Waals surface area (Å²) >= 11 is 0. The summed E-state index contributed by atoms with van der Waals surface area (Å²) in [6.07, 6.45) is 0. The third-order valence-electron chi connectivity index (χ3n) is 1.66. The fourth-order valence-electron chi connectivity index (χ4n) is 0.934. The van der Waals surface area contributed by atoms with Crippen molar-refractivity contribution in [2.24, 2.45) is 0 Å². The van der Waals surface area contributed by atoms with Crippen molar-refractivity contribution in [1.29, 1.82) is 5.26 Å². The van der Waals surface area contributed by atoms with E-state index in [4.69, 9.17) is 16.7 Å². The Kier molecular flexibility index (Phi) is 2.26. The van der Waals surface area contributed by atoms with Gasteiger partial charge in [-0.3, -0.25) is 5.73 Å². The Hall–Kier alpha value is -1.60. The molecule has 61 valence electrons. The molecule has 0 bridgehead atoms. The first-order valence-electron chi connectivity index (χ1n) is 3.49. The molecule has 0 fully saturated rings. The molecule has 0 aliphatic rings. The maximum Gasteiger partial charge on any atom is 0.141 e. The van der Waals surface area contributed by atoms with E-state index in [9.17, 15) is 0 Å². The van der Waals surface area contributed by atoms with E-state index < -0.39 is 0 Å². The fourth-order valence-corrected chi connectivity index (χ4v) is 0.934. The number of hydrogen-bond acceptors (Lipinski definition) is 3. The third-order valence-corrected chi connectivity index (χ3v) is 1.66. The van der Waals surface area contributed by atoms with E-state index >= 15 is 0 Å². The topological polar surface area (TPSA) is 86.5 Å². The molecule has 1 radical (unpaired) electrons. The summed E-state index contributed by atoms with van der Waals surface area (Å²) in [5.41, 5.74) is 14.4. The number of hydrogen-bond donors (Lipinski definition) is 1. The van der Waals surface area contributed by atoms with Crippen LogP contribution in [0.4, 0.5) is 5.82 Å². The minimum Gasteiger partial charge on any atom is -0.383 e. The number of nitrogen functional groups attached to an aromatic ring is 1. The van der Waals surface area contributed by atoms with Crippen LogP contribution in [0.15, 0.2) is 6.07 Å². The Labute approximate surface area is 70.8 Å². The van der Waals surface area contributed by atoms with E-state index in [1.165, 1.54) is 0 Å². The van der Waals surface area contributed by atoms with E-state index in [-0.39, 0.29) is 12.4 Å². The SMILES string of the molecule is Cc1nc(N)c(C#N)cc1C[NH]. The van der Waals surface area contributed by atoms with Crippen molar-refractivity contribution in [3.8, 4) is 6.07 Å². The summed E-state index contributed by atoms with van der Waals surface area (Å²) in [5, 5.41) is 8.60. The van der Waals surface area contributed by atoms with Crippen LogP contribution in [0.2, 0.25) is 0 Å². The average molecular weight is 161 g/mol. The third kappa shape index (κ3) is 1.36. The number of aromatic nitrogens is 1. The number of anilines is 1. The van der Waals surface area contributed by atoms with Crippen molar-refractivity contribution in [2.75, 3.05) is 5.73 Å². The minimum atomic E-state index is 0.133. The van der Waals surface area contributed by atoms with Gasteiger partial charge >= 0.3 is 0 Å². The zero-order chi connectivity index (χ0) is 9.14. The van der Waals surface area contributed by atoms with Crippen molar-refractivity contribution in [3.05, 3.63) is 22.9 Å². The molecular formula is C8H9N4. The highest BCUT2D eigenvalue weighted by Crippen LogP contribution is 2.13. The van der Waals surface area contributed by atoms with Gasteiger partial charge in [0.2, 0.25) is 0 Å². The number of rotatable bonds is 1. The predicted octanol–water partition coefficient (Wildman–Crippen LogP) is 0.627. The molecule has 1 aromatic heterocycles. The largest absolute Gasteiger partial charge is 0.383 e. The first kappa shape index (κ1) is 8.50. The Balaban J connectivity index is 3.30. The van der Waals surface area contributed by atoms with Gasteiger partial charge in [0, 0.05) is 12.2 Å². The summed E-state index contributed by atoms with van der Waals surface area (Å²) in [5.74, 6) is 0.243. The van der Waals surface area contributed by atoms with Gasteiger partial charge in [0.05, 0.1) is 5.56 Å². The zero-order valence-corrected chi connectivity index (χ0v) is 6.76. The van der Waals surface area contributed by atoms with Crippen LogP contribution in [-0.4, -0.2) is 4.98 Å². The maximum atomic E-state index is 8.60. The molecule has 1 rings (SSSR count). The van der Waals surface area contributed by atoms with Crippen molar-refractivity contribution >= 4 is 5.82 Å². The van der Waals surface area contributed by atoms with Crippen molar-refractivity contribution in [1.82, 2.24) is 10.7 Å². The molecule has 12 heavy (non-hydrogen) atoms. The van der Waals surface area contributed by atoms with Crippen LogP contribution in [0, 0.1) is 18.3 Å². The molecule has 4 heteroatoms. The van der Waals surface area contributed by atoms with E-state index in [0.717, 1.165) is 11.3 Å². The summed E-state index contributed by atoms with van der Waals surface area (Å²) < 4.78 is 0. The zero-order valence-electron chi connectivity index (χ0n) is 6.76. The molecule has 0 unspecified atom stereocenters. The van der Waals surface area contributed by atoms with Gasteiger partial charge in [-0.1, -0.05) is 0 Å². The van der Waals surface area contributed by atoms with Crippen LogP contribution in [0.5, 0.6) is 0 Å². The van der Waals surface area contributed by atoms with Crippen LogP contribution in [0.3, 0.4) is 0 Å². The Morgan fingerprint density at radius 2 is 2.42 bits per heavy atom. The molecule has 1 aromatic rings. The van der Waals surface area contributed by atoms with Crippen molar-refractivity contribution in [3.63, 3.8) is 0 Å². The number of nitriles is 1. The van der Waals surface area contributed by atoms with Gasteiger partial charge in [0.15, 0.2) is 0 Å². The molecule has 1 heterocycles. The molecule has 0 saturated heterocycles. The van der Waals surface area contributed by atoms with Gasteiger partial charge in [-0.2, -0.15) is 5.26 Å². The maximum absolute atomic E-state index is 8.60. The molecule has 0 atom stereocenters. The van der Waals surface area contributed by atoms with Gasteiger partial charge in [0.1, 0.15) is 11.9 Å². The van der Waals surface area contributed by atoms with Crippen molar-refractivity contribution in [2.45, 2.75) is 13.5 Å². The second kappa shape index (κ2) is 3.20. The second-order valence-corrected chi connectivity index (χ2v) is 2.45. The lowest BCUT2D eigenvalue weighted by atomic mass is 10.1. The van der Waals surface area contributed by atoms with Gasteiger partial charge in [-0.25, -0.2) is 4.98 Å². The molecule has 0 saturated carbocycles. The number of nitrogens with two attached hydrogens (primary N) is 1. The standard InChI is InChI=1S/C8H9N4/c1-5-6(3-9)2-7(4-10)8(11)12-5/h2,9H,3H2,1H3,(H2,11,12). The van der Waals surface area contributed by atoms with Gasteiger partial charge in [-0.05, 0) is 18.6 Å². The second-order valence-electron chi connectivity index (χ2n) is 2.45. The Bertz CT molecular complexity index is 338. The van der Waals surface area contributed by atoms with E-state index in [0.29, 0.717) is 5.56 Å². The van der Waals surface area contributed by atoms with Crippen molar-refractivity contribution < 1.29 is 0 Å². The fraction of sp³-hybridized carbons (Fsp3) is 0.250. The van der Waals surface area contributed by atoms with Crippen LogP contribution >= 0.6 is 0 Å². The Morgan fingerprint density at radius 3 is 2.92 bits per heavy atom. The molecule has 3 N–H and O–H groups in total. The molecule has 4 nitrogen and oxygen atoms in total. The van der Waals surface area contributed by atoms with Crippen LogP contribution in [-0.2, 0) is 6.54 Å². The highest BCUT2D eigenvalue weighted by Gasteiger charge is 2.04. The number of aryl methyl sites for hydroxylation is 1. The summed E-state index contributed by atoms with van der Waals surface area (Å²) in [6, 6.07) is 3.54. The lowest BCUT2D eigenvalue weighted by molar-refractivity contribution is 0.979.